The fourth-order valence-corrected chi connectivity index (χ4v) is 2.12. The van der Waals surface area contributed by atoms with Gasteiger partial charge in [-0.15, -0.1) is 4.37 Å². The zero-order valence-corrected chi connectivity index (χ0v) is 11.1. The Labute approximate surface area is 113 Å². The summed E-state index contributed by atoms with van der Waals surface area (Å²) in [6.07, 6.45) is 0. The molecule has 1 aromatic heterocycles. The van der Waals surface area contributed by atoms with E-state index >= 15 is 0 Å². The Kier molecular flexibility index (Phi) is 3.55. The first kappa shape index (κ1) is 12.2. The second-order valence-electron chi connectivity index (χ2n) is 2.81. The quantitative estimate of drug-likeness (QED) is 0.631. The number of halogens is 2. The molecule has 0 aliphatic heterocycles. The Hall–Kier alpha value is -1.25. The van der Waals surface area contributed by atoms with Gasteiger partial charge in [-0.25, -0.2) is 0 Å². The van der Waals surface area contributed by atoms with Gasteiger partial charge in [0.1, 0.15) is 0 Å². The van der Waals surface area contributed by atoms with E-state index in [1.54, 1.807) is 6.07 Å². The van der Waals surface area contributed by atoms with Gasteiger partial charge in [-0.2, -0.15) is 4.37 Å². The van der Waals surface area contributed by atoms with E-state index in [-0.39, 0.29) is 22.5 Å². The summed E-state index contributed by atoms with van der Waals surface area (Å²) in [4.78, 5) is 10.3. The number of nitro benzene ring substituents is 1. The molecule has 6 nitrogen and oxygen atoms in total. The second kappa shape index (κ2) is 4.94. The maximum Gasteiger partial charge on any atom is 0.312 e. The largest absolute Gasteiger partial charge is 0.427 e. The summed E-state index contributed by atoms with van der Waals surface area (Å²) in [5.41, 5.74) is -0.177. The van der Waals surface area contributed by atoms with Crippen molar-refractivity contribution in [2.45, 2.75) is 0 Å². The minimum absolute atomic E-state index is 0.0478. The van der Waals surface area contributed by atoms with Crippen LogP contribution in [0.2, 0.25) is 5.15 Å². The molecule has 0 amide bonds. The molecule has 2 rings (SSSR count). The van der Waals surface area contributed by atoms with Gasteiger partial charge in [-0.05, 0) is 22.0 Å². The van der Waals surface area contributed by atoms with E-state index < -0.39 is 4.92 Å². The molecule has 0 aliphatic carbocycles. The van der Waals surface area contributed by atoms with Crippen LogP contribution in [0.15, 0.2) is 22.7 Å². The van der Waals surface area contributed by atoms with Crippen LogP contribution in [0.4, 0.5) is 5.69 Å². The molecule has 0 atom stereocenters. The Morgan fingerprint density at radius 1 is 1.47 bits per heavy atom. The zero-order valence-electron chi connectivity index (χ0n) is 7.96. The molecule has 88 valence electrons. The summed E-state index contributed by atoms with van der Waals surface area (Å²) in [5.74, 6) is 0.0961. The Balaban J connectivity index is 2.45. The van der Waals surface area contributed by atoms with Crippen LogP contribution in [-0.2, 0) is 0 Å². The molecule has 1 heterocycles. The van der Waals surface area contributed by atoms with Gasteiger partial charge < -0.3 is 4.74 Å². The Morgan fingerprint density at radius 2 is 2.24 bits per heavy atom. The molecule has 0 spiro atoms. The molecular weight excluding hydrogens is 334 g/mol. The number of hydrogen-bond donors (Lipinski definition) is 0. The minimum atomic E-state index is -0.548. The highest BCUT2D eigenvalue weighted by Gasteiger charge is 2.21. The molecule has 2 aromatic rings. The number of aromatic nitrogens is 2. The van der Waals surface area contributed by atoms with E-state index in [1.807, 2.05) is 0 Å². The molecule has 0 radical (unpaired) electrons. The molecular formula is C8H3BrClN3O3S. The van der Waals surface area contributed by atoms with Crippen molar-refractivity contribution in [3.63, 3.8) is 0 Å². The summed E-state index contributed by atoms with van der Waals surface area (Å²) < 4.78 is 13.2. The van der Waals surface area contributed by atoms with Crippen molar-refractivity contribution in [2.75, 3.05) is 0 Å². The lowest BCUT2D eigenvalue weighted by Gasteiger charge is -2.05. The van der Waals surface area contributed by atoms with Gasteiger partial charge in [0.05, 0.1) is 21.1 Å². The maximum absolute atomic E-state index is 10.8. The van der Waals surface area contributed by atoms with Crippen molar-refractivity contribution < 1.29 is 9.66 Å². The van der Waals surface area contributed by atoms with Crippen molar-refractivity contribution in [1.82, 2.24) is 8.75 Å². The first-order valence-electron chi connectivity index (χ1n) is 4.18. The van der Waals surface area contributed by atoms with E-state index in [0.717, 1.165) is 11.7 Å². The monoisotopic (exact) mass is 335 g/mol. The van der Waals surface area contributed by atoms with E-state index in [0.29, 0.717) is 4.47 Å². The van der Waals surface area contributed by atoms with Crippen LogP contribution < -0.4 is 4.74 Å². The van der Waals surface area contributed by atoms with Crippen LogP contribution in [-0.4, -0.2) is 13.7 Å². The molecule has 0 aliphatic rings. The highest BCUT2D eigenvalue weighted by molar-refractivity contribution is 9.10. The second-order valence-corrected chi connectivity index (χ2v) is 4.55. The lowest BCUT2D eigenvalue weighted by molar-refractivity contribution is -0.385. The van der Waals surface area contributed by atoms with Crippen molar-refractivity contribution in [2.24, 2.45) is 0 Å². The number of nitro groups is 1. The predicted octanol–water partition coefficient (Wildman–Crippen LogP) is 3.65. The standard InChI is InChI=1S/C8H3BrClN3O3S/c9-4-2-1-3-5(13(14)15)6(4)16-8-7(10)11-17-12-8/h1-3H. The minimum Gasteiger partial charge on any atom is -0.427 e. The number of hydrogen-bond acceptors (Lipinski definition) is 6. The first-order valence-corrected chi connectivity index (χ1v) is 6.08. The van der Waals surface area contributed by atoms with Crippen molar-refractivity contribution in [3.8, 4) is 11.6 Å². The molecule has 0 unspecified atom stereocenters. The van der Waals surface area contributed by atoms with Crippen LogP contribution in [0.5, 0.6) is 11.6 Å². The third-order valence-corrected chi connectivity index (χ3v) is 3.25. The van der Waals surface area contributed by atoms with E-state index in [1.165, 1.54) is 12.1 Å². The number of ether oxygens (including phenoxy) is 1. The fourth-order valence-electron chi connectivity index (χ4n) is 1.07. The van der Waals surface area contributed by atoms with Crippen LogP contribution in [0.1, 0.15) is 0 Å². The highest BCUT2D eigenvalue weighted by Crippen LogP contribution is 2.39. The van der Waals surface area contributed by atoms with Crippen LogP contribution in [0.3, 0.4) is 0 Å². The highest BCUT2D eigenvalue weighted by atomic mass is 79.9. The third kappa shape index (κ3) is 2.54. The van der Waals surface area contributed by atoms with Gasteiger partial charge in [-0.3, -0.25) is 10.1 Å². The van der Waals surface area contributed by atoms with Crippen LogP contribution >= 0.6 is 39.3 Å². The molecule has 0 N–H and O–H groups in total. The molecule has 0 fully saturated rings. The van der Waals surface area contributed by atoms with Gasteiger partial charge in [-0.1, -0.05) is 17.7 Å². The maximum atomic E-state index is 10.8. The van der Waals surface area contributed by atoms with Crippen molar-refractivity contribution in [3.05, 3.63) is 37.9 Å². The summed E-state index contributed by atoms with van der Waals surface area (Å²) in [6.45, 7) is 0. The van der Waals surface area contributed by atoms with Gasteiger partial charge >= 0.3 is 5.69 Å². The van der Waals surface area contributed by atoms with Crippen LogP contribution in [0, 0.1) is 10.1 Å². The van der Waals surface area contributed by atoms with Crippen molar-refractivity contribution >= 4 is 44.9 Å². The third-order valence-electron chi connectivity index (χ3n) is 1.76. The van der Waals surface area contributed by atoms with Gasteiger partial charge in [0.25, 0.3) is 5.88 Å². The molecule has 0 saturated heterocycles. The summed E-state index contributed by atoms with van der Waals surface area (Å²) in [7, 11) is 0. The average Bonchev–Trinajstić information content (AvgIpc) is 2.67. The molecule has 1 aromatic carbocycles. The van der Waals surface area contributed by atoms with E-state index in [9.17, 15) is 10.1 Å². The number of rotatable bonds is 3. The van der Waals surface area contributed by atoms with Crippen molar-refractivity contribution in [1.29, 1.82) is 0 Å². The lowest BCUT2D eigenvalue weighted by Crippen LogP contribution is -1.94. The number of nitrogens with zero attached hydrogens (tertiary/aromatic N) is 3. The Morgan fingerprint density at radius 3 is 2.82 bits per heavy atom. The normalized spacial score (nSPS) is 10.2. The summed E-state index contributed by atoms with van der Waals surface area (Å²) >= 11 is 9.73. The summed E-state index contributed by atoms with van der Waals surface area (Å²) in [6, 6.07) is 4.49. The lowest BCUT2D eigenvalue weighted by atomic mass is 10.3. The smallest absolute Gasteiger partial charge is 0.312 e. The molecule has 0 bridgehead atoms. The van der Waals surface area contributed by atoms with E-state index in [2.05, 4.69) is 24.7 Å². The van der Waals surface area contributed by atoms with Gasteiger partial charge in [0, 0.05) is 6.07 Å². The van der Waals surface area contributed by atoms with Crippen LogP contribution in [0.25, 0.3) is 0 Å². The summed E-state index contributed by atoms with van der Waals surface area (Å²) in [5, 5.41) is 10.9. The number of benzene rings is 1. The van der Waals surface area contributed by atoms with Gasteiger partial charge in [0.15, 0.2) is 0 Å². The molecule has 17 heavy (non-hydrogen) atoms. The zero-order chi connectivity index (χ0) is 12.4. The fraction of sp³-hybridized carbons (Fsp3) is 0. The predicted molar refractivity (Wildman–Crippen MR) is 65.8 cm³/mol. The SMILES string of the molecule is O=[N+]([O-])c1cccc(Br)c1Oc1nsnc1Cl. The topological polar surface area (TPSA) is 78.2 Å². The Bertz CT molecular complexity index is 577. The van der Waals surface area contributed by atoms with E-state index in [4.69, 9.17) is 16.3 Å². The molecule has 0 saturated carbocycles. The molecule has 9 heteroatoms. The van der Waals surface area contributed by atoms with Gasteiger partial charge in [0.2, 0.25) is 10.9 Å². The average molecular weight is 337 g/mol. The first-order chi connectivity index (χ1) is 8.09. The number of para-hydroxylation sites is 1.